The van der Waals surface area contributed by atoms with Crippen LogP contribution in [-0.4, -0.2) is 20.9 Å². The summed E-state index contributed by atoms with van der Waals surface area (Å²) >= 11 is 0. The Kier molecular flexibility index (Phi) is 5.60. The van der Waals surface area contributed by atoms with Crippen LogP contribution in [0.25, 0.3) is 0 Å². The van der Waals surface area contributed by atoms with Crippen LogP contribution in [0.2, 0.25) is 0 Å². The highest BCUT2D eigenvalue weighted by Crippen LogP contribution is 2.19. The molecule has 0 saturated heterocycles. The maximum absolute atomic E-state index is 13.5. The molecule has 0 heterocycles. The zero-order valence-corrected chi connectivity index (χ0v) is 13.5. The van der Waals surface area contributed by atoms with Crippen molar-refractivity contribution in [1.82, 2.24) is 4.72 Å². The fourth-order valence-corrected chi connectivity index (χ4v) is 2.85. The molecule has 0 spiro atoms. The fraction of sp³-hybridized carbons (Fsp3) is 0.0625. The van der Waals surface area contributed by atoms with Crippen molar-refractivity contribution < 1.29 is 26.4 Å². The van der Waals surface area contributed by atoms with Gasteiger partial charge in [0.1, 0.15) is 5.82 Å². The lowest BCUT2D eigenvalue weighted by Gasteiger charge is -2.08. The van der Waals surface area contributed by atoms with Crippen molar-refractivity contribution in [1.29, 1.82) is 0 Å². The van der Waals surface area contributed by atoms with Gasteiger partial charge in [0.05, 0.1) is 10.6 Å². The topological polar surface area (TPSA) is 75.3 Å². The van der Waals surface area contributed by atoms with E-state index < -0.39 is 39.1 Å². The van der Waals surface area contributed by atoms with Crippen molar-refractivity contribution in [2.45, 2.75) is 4.90 Å². The quantitative estimate of drug-likeness (QED) is 0.607. The lowest BCUT2D eigenvalue weighted by atomic mass is 10.2. The Hall–Kier alpha value is -2.65. The second-order valence-corrected chi connectivity index (χ2v) is 6.63. The van der Waals surface area contributed by atoms with Gasteiger partial charge < -0.3 is 5.32 Å². The molecule has 0 bridgehead atoms. The second kappa shape index (κ2) is 7.49. The summed E-state index contributed by atoms with van der Waals surface area (Å²) in [5, 5.41) is 2.09. The first-order chi connectivity index (χ1) is 11.7. The first-order valence-electron chi connectivity index (χ1n) is 6.91. The molecule has 0 atom stereocenters. The minimum Gasteiger partial charge on any atom is -0.319 e. The largest absolute Gasteiger partial charge is 0.319 e. The van der Waals surface area contributed by atoms with Crippen molar-refractivity contribution in [2.24, 2.45) is 0 Å². The summed E-state index contributed by atoms with van der Waals surface area (Å²) in [5.74, 6) is -4.64. The Morgan fingerprint density at radius 1 is 1.04 bits per heavy atom. The SMILES string of the molecule is C=CCNS(=O)(=O)c1ccc(C(=O)Nc2cc(F)c(F)cc2F)cc1. The smallest absolute Gasteiger partial charge is 0.255 e. The number of benzene rings is 2. The molecule has 25 heavy (non-hydrogen) atoms. The third-order valence-electron chi connectivity index (χ3n) is 3.10. The maximum atomic E-state index is 13.5. The highest BCUT2D eigenvalue weighted by molar-refractivity contribution is 7.89. The predicted molar refractivity (Wildman–Crippen MR) is 86.1 cm³/mol. The summed E-state index contributed by atoms with van der Waals surface area (Å²) in [6.07, 6.45) is 1.37. The number of hydrogen-bond donors (Lipinski definition) is 2. The van der Waals surface area contributed by atoms with Gasteiger partial charge in [0.2, 0.25) is 10.0 Å². The van der Waals surface area contributed by atoms with E-state index >= 15 is 0 Å². The summed E-state index contributed by atoms with van der Waals surface area (Å²) in [5.41, 5.74) is -0.528. The molecule has 5 nitrogen and oxygen atoms in total. The Morgan fingerprint density at radius 2 is 1.64 bits per heavy atom. The zero-order valence-electron chi connectivity index (χ0n) is 12.7. The van der Waals surface area contributed by atoms with Gasteiger partial charge in [-0.1, -0.05) is 6.08 Å². The molecule has 1 amide bonds. The standard InChI is InChI=1S/C16H13F3N2O3S/c1-2-7-20-25(23,24)11-5-3-10(4-6-11)16(22)21-15-9-13(18)12(17)8-14(15)19/h2-6,8-9,20H,1,7H2,(H,21,22). The summed E-state index contributed by atoms with van der Waals surface area (Å²) < 4.78 is 65.6. The Balaban J connectivity index is 2.18. The van der Waals surface area contributed by atoms with Crippen molar-refractivity contribution in [3.63, 3.8) is 0 Å². The maximum Gasteiger partial charge on any atom is 0.255 e. The van der Waals surface area contributed by atoms with Crippen LogP contribution in [0, 0.1) is 17.5 Å². The van der Waals surface area contributed by atoms with E-state index in [2.05, 4.69) is 16.6 Å². The molecule has 0 aliphatic rings. The molecular formula is C16H13F3N2O3S. The van der Waals surface area contributed by atoms with E-state index in [-0.39, 0.29) is 17.0 Å². The number of anilines is 1. The number of sulfonamides is 1. The second-order valence-electron chi connectivity index (χ2n) is 4.87. The Labute approximate surface area is 142 Å². The van der Waals surface area contributed by atoms with E-state index in [4.69, 9.17) is 0 Å². The van der Waals surface area contributed by atoms with Crippen LogP contribution in [0.1, 0.15) is 10.4 Å². The van der Waals surface area contributed by atoms with Gasteiger partial charge in [-0.15, -0.1) is 6.58 Å². The molecule has 0 aliphatic carbocycles. The van der Waals surface area contributed by atoms with Gasteiger partial charge in [-0.25, -0.2) is 26.3 Å². The average molecular weight is 370 g/mol. The first kappa shape index (κ1) is 18.7. The highest BCUT2D eigenvalue weighted by Gasteiger charge is 2.16. The number of amides is 1. The average Bonchev–Trinajstić information content (AvgIpc) is 2.58. The van der Waals surface area contributed by atoms with Crippen LogP contribution in [0.15, 0.2) is 53.9 Å². The minimum atomic E-state index is -3.75. The van der Waals surface area contributed by atoms with E-state index in [0.29, 0.717) is 12.1 Å². The molecular weight excluding hydrogens is 357 g/mol. The summed E-state index contributed by atoms with van der Waals surface area (Å²) in [6.45, 7) is 3.43. The molecule has 2 N–H and O–H groups in total. The molecule has 0 unspecified atom stereocenters. The molecule has 0 aromatic heterocycles. The Bertz CT molecular complexity index is 913. The van der Waals surface area contributed by atoms with E-state index in [1.54, 1.807) is 0 Å². The molecule has 0 aliphatic heterocycles. The third kappa shape index (κ3) is 4.46. The van der Waals surface area contributed by atoms with Crippen molar-refractivity contribution in [2.75, 3.05) is 11.9 Å². The number of hydrogen-bond acceptors (Lipinski definition) is 3. The van der Waals surface area contributed by atoms with Crippen LogP contribution in [0.5, 0.6) is 0 Å². The number of carbonyl (C=O) groups is 1. The summed E-state index contributed by atoms with van der Waals surface area (Å²) in [7, 11) is -3.75. The molecule has 9 heteroatoms. The van der Waals surface area contributed by atoms with Crippen LogP contribution in [-0.2, 0) is 10.0 Å². The number of halogens is 3. The molecule has 2 rings (SSSR count). The molecule has 0 saturated carbocycles. The zero-order chi connectivity index (χ0) is 18.6. The van der Waals surface area contributed by atoms with Gasteiger partial charge in [-0.05, 0) is 24.3 Å². The van der Waals surface area contributed by atoms with Crippen molar-refractivity contribution in [3.05, 3.63) is 72.1 Å². The van der Waals surface area contributed by atoms with Crippen LogP contribution >= 0.6 is 0 Å². The van der Waals surface area contributed by atoms with Gasteiger partial charge in [-0.3, -0.25) is 4.79 Å². The van der Waals surface area contributed by atoms with Gasteiger partial charge in [0, 0.05) is 24.2 Å². The molecule has 2 aromatic carbocycles. The molecule has 0 fully saturated rings. The predicted octanol–water partition coefficient (Wildman–Crippen LogP) is 2.82. The van der Waals surface area contributed by atoms with Gasteiger partial charge in [-0.2, -0.15) is 0 Å². The fourth-order valence-electron chi connectivity index (χ4n) is 1.85. The molecule has 132 valence electrons. The lowest BCUT2D eigenvalue weighted by molar-refractivity contribution is 0.102. The summed E-state index contributed by atoms with van der Waals surface area (Å²) in [4.78, 5) is 11.9. The summed E-state index contributed by atoms with van der Waals surface area (Å²) in [6, 6.07) is 5.60. The number of nitrogens with one attached hydrogen (secondary N) is 2. The van der Waals surface area contributed by atoms with E-state index in [1.165, 1.54) is 30.3 Å². The number of carbonyl (C=O) groups excluding carboxylic acids is 1. The number of rotatable bonds is 6. The monoisotopic (exact) mass is 370 g/mol. The molecule has 0 radical (unpaired) electrons. The van der Waals surface area contributed by atoms with Crippen molar-refractivity contribution in [3.8, 4) is 0 Å². The van der Waals surface area contributed by atoms with Gasteiger partial charge in [0.15, 0.2) is 11.6 Å². The van der Waals surface area contributed by atoms with E-state index in [9.17, 15) is 26.4 Å². The lowest BCUT2D eigenvalue weighted by Crippen LogP contribution is -2.23. The highest BCUT2D eigenvalue weighted by atomic mass is 32.2. The van der Waals surface area contributed by atoms with Crippen molar-refractivity contribution >= 4 is 21.6 Å². The molecule has 2 aromatic rings. The van der Waals surface area contributed by atoms with Gasteiger partial charge in [0.25, 0.3) is 5.91 Å². The van der Waals surface area contributed by atoms with Gasteiger partial charge >= 0.3 is 0 Å². The van der Waals surface area contributed by atoms with Crippen LogP contribution in [0.4, 0.5) is 18.9 Å². The van der Waals surface area contributed by atoms with E-state index in [0.717, 1.165) is 0 Å². The van der Waals surface area contributed by atoms with E-state index in [1.807, 2.05) is 0 Å². The third-order valence-corrected chi connectivity index (χ3v) is 4.54. The Morgan fingerprint density at radius 3 is 2.24 bits per heavy atom. The van der Waals surface area contributed by atoms with Crippen LogP contribution < -0.4 is 10.0 Å². The van der Waals surface area contributed by atoms with Crippen LogP contribution in [0.3, 0.4) is 0 Å². The normalized spacial score (nSPS) is 11.2. The minimum absolute atomic E-state index is 0.00630. The first-order valence-corrected chi connectivity index (χ1v) is 8.39.